The fourth-order valence-electron chi connectivity index (χ4n) is 1.14. The van der Waals surface area contributed by atoms with Gasteiger partial charge in [-0.1, -0.05) is 15.9 Å². The summed E-state index contributed by atoms with van der Waals surface area (Å²) in [6, 6.07) is 4.54. The standard InChI is InChI=1S/C11H12BrFO2/c1-7(15-2)11(14)6-8-5-9(12)3-4-10(8)13/h3-5,7H,6H2,1-2H3. The molecule has 0 aliphatic heterocycles. The maximum atomic E-state index is 13.3. The van der Waals surface area contributed by atoms with E-state index in [9.17, 15) is 9.18 Å². The number of Topliss-reactive ketones (excluding diaryl/α,β-unsaturated/α-hetero) is 1. The predicted molar refractivity (Wildman–Crippen MR) is 59.3 cm³/mol. The molecule has 1 rings (SSSR count). The van der Waals surface area contributed by atoms with Gasteiger partial charge in [-0.15, -0.1) is 0 Å². The molecule has 0 radical (unpaired) electrons. The van der Waals surface area contributed by atoms with Crippen LogP contribution in [0.5, 0.6) is 0 Å². The Morgan fingerprint density at radius 1 is 1.60 bits per heavy atom. The molecular weight excluding hydrogens is 263 g/mol. The molecule has 0 saturated carbocycles. The fourth-order valence-corrected chi connectivity index (χ4v) is 1.55. The fraction of sp³-hybridized carbons (Fsp3) is 0.364. The third-order valence-electron chi connectivity index (χ3n) is 2.18. The van der Waals surface area contributed by atoms with Crippen LogP contribution in [0.2, 0.25) is 0 Å². The van der Waals surface area contributed by atoms with Crippen LogP contribution in [-0.2, 0) is 16.0 Å². The van der Waals surface area contributed by atoms with Crippen molar-refractivity contribution in [2.45, 2.75) is 19.4 Å². The topological polar surface area (TPSA) is 26.3 Å². The van der Waals surface area contributed by atoms with Gasteiger partial charge in [0.1, 0.15) is 11.9 Å². The van der Waals surface area contributed by atoms with Crippen LogP contribution in [0.4, 0.5) is 4.39 Å². The van der Waals surface area contributed by atoms with Gasteiger partial charge in [-0.2, -0.15) is 0 Å². The zero-order chi connectivity index (χ0) is 11.4. The van der Waals surface area contributed by atoms with Gasteiger partial charge in [0.2, 0.25) is 0 Å². The summed E-state index contributed by atoms with van der Waals surface area (Å²) in [6.45, 7) is 1.65. The molecule has 2 nitrogen and oxygen atoms in total. The largest absolute Gasteiger partial charge is 0.374 e. The molecule has 0 fully saturated rings. The van der Waals surface area contributed by atoms with Gasteiger partial charge in [0.15, 0.2) is 5.78 Å². The van der Waals surface area contributed by atoms with E-state index in [0.29, 0.717) is 5.56 Å². The quantitative estimate of drug-likeness (QED) is 0.844. The molecule has 0 aliphatic rings. The predicted octanol–water partition coefficient (Wildman–Crippen LogP) is 2.73. The van der Waals surface area contributed by atoms with E-state index >= 15 is 0 Å². The summed E-state index contributed by atoms with van der Waals surface area (Å²) >= 11 is 3.23. The first kappa shape index (κ1) is 12.3. The van der Waals surface area contributed by atoms with Crippen molar-refractivity contribution in [1.82, 2.24) is 0 Å². The van der Waals surface area contributed by atoms with E-state index in [-0.39, 0.29) is 18.0 Å². The van der Waals surface area contributed by atoms with Crippen molar-refractivity contribution in [3.8, 4) is 0 Å². The lowest BCUT2D eigenvalue weighted by atomic mass is 10.1. The molecule has 1 unspecified atom stereocenters. The Kier molecular flexibility index (Phi) is 4.42. The maximum Gasteiger partial charge on any atom is 0.165 e. The van der Waals surface area contributed by atoms with Crippen LogP contribution in [0, 0.1) is 5.82 Å². The second-order valence-corrected chi connectivity index (χ2v) is 4.17. The molecule has 1 aromatic carbocycles. The molecule has 0 heterocycles. The van der Waals surface area contributed by atoms with Gasteiger partial charge in [0.05, 0.1) is 0 Å². The second-order valence-electron chi connectivity index (χ2n) is 3.26. The molecule has 4 heteroatoms. The number of methoxy groups -OCH3 is 1. The molecular formula is C11H12BrFO2. The Balaban J connectivity index is 2.80. The second kappa shape index (κ2) is 5.37. The summed E-state index contributed by atoms with van der Waals surface area (Å²) in [5, 5.41) is 0. The SMILES string of the molecule is COC(C)C(=O)Cc1cc(Br)ccc1F. The lowest BCUT2D eigenvalue weighted by Crippen LogP contribution is -2.21. The van der Waals surface area contributed by atoms with Crippen molar-refractivity contribution in [2.75, 3.05) is 7.11 Å². The van der Waals surface area contributed by atoms with Crippen LogP contribution in [-0.4, -0.2) is 19.0 Å². The minimum Gasteiger partial charge on any atom is -0.374 e. The lowest BCUT2D eigenvalue weighted by Gasteiger charge is -2.08. The van der Waals surface area contributed by atoms with Crippen LogP contribution < -0.4 is 0 Å². The van der Waals surface area contributed by atoms with E-state index in [2.05, 4.69) is 15.9 Å². The van der Waals surface area contributed by atoms with Crippen molar-refractivity contribution in [3.63, 3.8) is 0 Å². The Labute approximate surface area is 96.6 Å². The molecule has 1 aromatic rings. The Hall–Kier alpha value is -0.740. The van der Waals surface area contributed by atoms with Crippen LogP contribution >= 0.6 is 15.9 Å². The Morgan fingerprint density at radius 3 is 2.87 bits per heavy atom. The zero-order valence-electron chi connectivity index (χ0n) is 8.59. The molecule has 0 N–H and O–H groups in total. The number of rotatable bonds is 4. The molecule has 15 heavy (non-hydrogen) atoms. The number of benzene rings is 1. The van der Waals surface area contributed by atoms with Gasteiger partial charge >= 0.3 is 0 Å². The highest BCUT2D eigenvalue weighted by Gasteiger charge is 2.14. The molecule has 0 aliphatic carbocycles. The molecule has 0 spiro atoms. The van der Waals surface area contributed by atoms with Crippen molar-refractivity contribution in [2.24, 2.45) is 0 Å². The first-order valence-corrected chi connectivity index (χ1v) is 5.33. The van der Waals surface area contributed by atoms with Crippen molar-refractivity contribution in [3.05, 3.63) is 34.1 Å². The van der Waals surface area contributed by atoms with Gasteiger partial charge in [-0.3, -0.25) is 4.79 Å². The van der Waals surface area contributed by atoms with Gasteiger partial charge < -0.3 is 4.74 Å². The van der Waals surface area contributed by atoms with Gasteiger partial charge in [-0.25, -0.2) is 4.39 Å². The summed E-state index contributed by atoms with van der Waals surface area (Å²) in [7, 11) is 1.46. The third kappa shape index (κ3) is 3.39. The number of carbonyl (C=O) groups is 1. The van der Waals surface area contributed by atoms with Crippen LogP contribution in [0.25, 0.3) is 0 Å². The minimum absolute atomic E-state index is 0.0558. The van der Waals surface area contributed by atoms with Crippen LogP contribution in [0.3, 0.4) is 0 Å². The minimum atomic E-state index is -0.497. The van der Waals surface area contributed by atoms with Crippen molar-refractivity contribution >= 4 is 21.7 Å². The number of ketones is 1. The van der Waals surface area contributed by atoms with Crippen LogP contribution in [0.1, 0.15) is 12.5 Å². The normalized spacial score (nSPS) is 12.5. The number of ether oxygens (including phenoxy) is 1. The monoisotopic (exact) mass is 274 g/mol. The average Bonchev–Trinajstić information content (AvgIpc) is 2.22. The first-order valence-electron chi connectivity index (χ1n) is 4.54. The lowest BCUT2D eigenvalue weighted by molar-refractivity contribution is -0.127. The number of hydrogen-bond acceptors (Lipinski definition) is 2. The molecule has 0 saturated heterocycles. The van der Waals surface area contributed by atoms with Crippen LogP contribution in [0.15, 0.2) is 22.7 Å². The number of halogens is 2. The van der Waals surface area contributed by atoms with E-state index in [4.69, 9.17) is 4.74 Å². The number of carbonyl (C=O) groups excluding carboxylic acids is 1. The Bertz CT molecular complexity index is 366. The summed E-state index contributed by atoms with van der Waals surface area (Å²) in [6.07, 6.45) is -0.441. The summed E-state index contributed by atoms with van der Waals surface area (Å²) < 4.78 is 18.9. The molecule has 0 bridgehead atoms. The van der Waals surface area contributed by atoms with E-state index in [1.54, 1.807) is 19.1 Å². The smallest absolute Gasteiger partial charge is 0.165 e. The van der Waals surface area contributed by atoms with E-state index < -0.39 is 6.10 Å². The van der Waals surface area contributed by atoms with Gasteiger partial charge in [0.25, 0.3) is 0 Å². The number of hydrogen-bond donors (Lipinski definition) is 0. The summed E-state index contributed by atoms with van der Waals surface area (Å²) in [4.78, 5) is 11.5. The third-order valence-corrected chi connectivity index (χ3v) is 2.67. The Morgan fingerprint density at radius 2 is 2.27 bits per heavy atom. The van der Waals surface area contributed by atoms with Gasteiger partial charge in [-0.05, 0) is 30.7 Å². The molecule has 1 atom stereocenters. The van der Waals surface area contributed by atoms with E-state index in [1.807, 2.05) is 0 Å². The molecule has 0 amide bonds. The van der Waals surface area contributed by atoms with Crippen molar-refractivity contribution in [1.29, 1.82) is 0 Å². The highest BCUT2D eigenvalue weighted by atomic mass is 79.9. The van der Waals surface area contributed by atoms with E-state index in [0.717, 1.165) is 4.47 Å². The highest BCUT2D eigenvalue weighted by molar-refractivity contribution is 9.10. The van der Waals surface area contributed by atoms with Gasteiger partial charge in [0, 0.05) is 18.0 Å². The molecule has 0 aromatic heterocycles. The first-order chi connectivity index (χ1) is 7.04. The van der Waals surface area contributed by atoms with Crippen molar-refractivity contribution < 1.29 is 13.9 Å². The highest BCUT2D eigenvalue weighted by Crippen LogP contribution is 2.16. The summed E-state index contributed by atoms with van der Waals surface area (Å²) in [5.41, 5.74) is 0.387. The average molecular weight is 275 g/mol. The summed E-state index contributed by atoms with van der Waals surface area (Å²) in [5.74, 6) is -0.496. The maximum absolute atomic E-state index is 13.3. The van der Waals surface area contributed by atoms with E-state index in [1.165, 1.54) is 13.2 Å². The zero-order valence-corrected chi connectivity index (χ0v) is 10.2. The molecule has 82 valence electrons.